The van der Waals surface area contributed by atoms with Crippen LogP contribution >= 0.6 is 0 Å². The Hall–Kier alpha value is -2.15. The molecule has 7 nitrogen and oxygen atoms in total. The van der Waals surface area contributed by atoms with Crippen molar-refractivity contribution in [2.45, 2.75) is 12.8 Å². The van der Waals surface area contributed by atoms with E-state index >= 15 is 0 Å². The van der Waals surface area contributed by atoms with Crippen molar-refractivity contribution < 1.29 is 9.72 Å². The van der Waals surface area contributed by atoms with Gasteiger partial charge >= 0.3 is 0 Å². The van der Waals surface area contributed by atoms with Crippen molar-refractivity contribution >= 4 is 17.3 Å². The summed E-state index contributed by atoms with van der Waals surface area (Å²) in [6.45, 7) is 2.89. The Kier molecular flexibility index (Phi) is 5.54. The van der Waals surface area contributed by atoms with Crippen LogP contribution in [-0.4, -0.2) is 56.5 Å². The van der Waals surface area contributed by atoms with E-state index in [4.69, 9.17) is 0 Å². The molecule has 1 atom stereocenters. The van der Waals surface area contributed by atoms with Crippen LogP contribution in [0.1, 0.15) is 23.2 Å². The highest BCUT2D eigenvalue weighted by Gasteiger charge is 2.23. The van der Waals surface area contributed by atoms with Gasteiger partial charge in [-0.2, -0.15) is 0 Å². The van der Waals surface area contributed by atoms with Crippen LogP contribution in [0, 0.1) is 16.0 Å². The monoisotopic (exact) mass is 320 g/mol. The number of carbonyl (C=O) groups excluding carboxylic acids is 1. The standard InChI is InChI=1S/C16H24N4O3/c1-17-16(21)13-6-7-14(15(9-13)20(22)23)19(3)11-12-5-4-8-18(2)10-12/h6-7,9,12H,4-5,8,10-11H2,1-3H3,(H,17,21). The molecule has 1 aliphatic heterocycles. The van der Waals surface area contributed by atoms with Gasteiger partial charge in [-0.15, -0.1) is 0 Å². The molecule has 1 heterocycles. The number of hydrogen-bond acceptors (Lipinski definition) is 5. The number of nitro groups is 1. The molecule has 0 bridgehead atoms. The maximum atomic E-state index is 11.7. The third-order valence-corrected chi connectivity index (χ3v) is 4.33. The zero-order valence-electron chi connectivity index (χ0n) is 13.9. The van der Waals surface area contributed by atoms with Gasteiger partial charge < -0.3 is 15.1 Å². The molecule has 23 heavy (non-hydrogen) atoms. The Bertz CT molecular complexity index is 591. The van der Waals surface area contributed by atoms with Gasteiger partial charge in [0.15, 0.2) is 0 Å². The number of benzene rings is 1. The molecule has 0 saturated carbocycles. The van der Waals surface area contributed by atoms with Crippen LogP contribution in [-0.2, 0) is 0 Å². The summed E-state index contributed by atoms with van der Waals surface area (Å²) in [4.78, 5) is 26.8. The molecule has 1 amide bonds. The summed E-state index contributed by atoms with van der Waals surface area (Å²) in [6, 6.07) is 4.64. The maximum absolute atomic E-state index is 11.7. The van der Waals surface area contributed by atoms with Crippen LogP contribution in [0.15, 0.2) is 18.2 Å². The van der Waals surface area contributed by atoms with Gasteiger partial charge in [0.25, 0.3) is 11.6 Å². The quantitative estimate of drug-likeness (QED) is 0.660. The largest absolute Gasteiger partial charge is 0.369 e. The Morgan fingerprint density at radius 3 is 2.87 bits per heavy atom. The SMILES string of the molecule is CNC(=O)c1ccc(N(C)CC2CCCN(C)C2)c([N+](=O)[O-])c1. The van der Waals surface area contributed by atoms with Gasteiger partial charge in [-0.3, -0.25) is 14.9 Å². The molecule has 1 aliphatic rings. The summed E-state index contributed by atoms with van der Waals surface area (Å²) in [6.07, 6.45) is 2.30. The summed E-state index contributed by atoms with van der Waals surface area (Å²) < 4.78 is 0. The molecule has 0 radical (unpaired) electrons. The lowest BCUT2D eigenvalue weighted by Crippen LogP contribution is -2.38. The molecule has 0 aliphatic carbocycles. The third-order valence-electron chi connectivity index (χ3n) is 4.33. The fourth-order valence-corrected chi connectivity index (χ4v) is 3.19. The fourth-order valence-electron chi connectivity index (χ4n) is 3.19. The van der Waals surface area contributed by atoms with Gasteiger partial charge in [0.1, 0.15) is 5.69 Å². The minimum absolute atomic E-state index is 0.0298. The van der Waals surface area contributed by atoms with E-state index in [1.807, 2.05) is 11.9 Å². The first kappa shape index (κ1) is 17.2. The Morgan fingerprint density at radius 2 is 2.26 bits per heavy atom. The first-order valence-corrected chi connectivity index (χ1v) is 7.82. The third kappa shape index (κ3) is 4.19. The number of hydrogen-bond donors (Lipinski definition) is 1. The van der Waals surface area contributed by atoms with Crippen LogP contribution in [0.4, 0.5) is 11.4 Å². The highest BCUT2D eigenvalue weighted by Crippen LogP contribution is 2.30. The number of nitro benzene ring substituents is 1. The normalized spacial score (nSPS) is 18.5. The number of rotatable bonds is 5. The Balaban J connectivity index is 2.20. The molecule has 1 unspecified atom stereocenters. The number of nitrogens with zero attached hydrogens (tertiary/aromatic N) is 3. The first-order valence-electron chi connectivity index (χ1n) is 7.82. The predicted octanol–water partition coefficient (Wildman–Crippen LogP) is 1.73. The van der Waals surface area contributed by atoms with Crippen molar-refractivity contribution in [3.63, 3.8) is 0 Å². The lowest BCUT2D eigenvalue weighted by atomic mass is 9.97. The molecule has 126 valence electrons. The summed E-state index contributed by atoms with van der Waals surface area (Å²) in [5.41, 5.74) is 0.822. The van der Waals surface area contributed by atoms with E-state index in [0.29, 0.717) is 17.2 Å². The van der Waals surface area contributed by atoms with Gasteiger partial charge in [0.05, 0.1) is 4.92 Å². The summed E-state index contributed by atoms with van der Waals surface area (Å²) in [5, 5.41) is 13.9. The highest BCUT2D eigenvalue weighted by molar-refractivity contribution is 5.95. The first-order chi connectivity index (χ1) is 10.9. The van der Waals surface area contributed by atoms with E-state index in [1.165, 1.54) is 13.1 Å². The molecule has 1 aromatic carbocycles. The van der Waals surface area contributed by atoms with Crippen molar-refractivity contribution in [3.8, 4) is 0 Å². The average molecular weight is 320 g/mol. The number of anilines is 1. The van der Waals surface area contributed by atoms with Crippen LogP contribution in [0.5, 0.6) is 0 Å². The molecule has 1 aromatic rings. The van der Waals surface area contributed by atoms with Gasteiger partial charge in [0, 0.05) is 38.8 Å². The summed E-state index contributed by atoms with van der Waals surface area (Å²) in [5.74, 6) is 0.174. The predicted molar refractivity (Wildman–Crippen MR) is 90.0 cm³/mol. The molecule has 1 N–H and O–H groups in total. The molecular formula is C16H24N4O3. The minimum atomic E-state index is -0.425. The smallest absolute Gasteiger partial charge is 0.293 e. The topological polar surface area (TPSA) is 78.7 Å². The van der Waals surface area contributed by atoms with Crippen molar-refractivity contribution in [2.24, 2.45) is 5.92 Å². The molecule has 0 aromatic heterocycles. The lowest BCUT2D eigenvalue weighted by Gasteiger charge is -2.33. The van der Waals surface area contributed by atoms with E-state index in [2.05, 4.69) is 17.3 Å². The van der Waals surface area contributed by atoms with Gasteiger partial charge in [-0.1, -0.05) is 0 Å². The molecule has 1 saturated heterocycles. The fraction of sp³-hybridized carbons (Fsp3) is 0.562. The average Bonchev–Trinajstić information content (AvgIpc) is 2.53. The van der Waals surface area contributed by atoms with Crippen molar-refractivity contribution in [1.29, 1.82) is 0 Å². The van der Waals surface area contributed by atoms with Gasteiger partial charge in [-0.05, 0) is 44.5 Å². The molecular weight excluding hydrogens is 296 g/mol. The van der Waals surface area contributed by atoms with E-state index in [1.54, 1.807) is 12.1 Å². The second-order valence-electron chi connectivity index (χ2n) is 6.19. The van der Waals surface area contributed by atoms with E-state index in [-0.39, 0.29) is 11.6 Å². The molecule has 2 rings (SSSR count). The zero-order chi connectivity index (χ0) is 17.0. The number of piperidine rings is 1. The lowest BCUT2D eigenvalue weighted by molar-refractivity contribution is -0.384. The highest BCUT2D eigenvalue weighted by atomic mass is 16.6. The van der Waals surface area contributed by atoms with Crippen LogP contribution in [0.3, 0.4) is 0 Å². The van der Waals surface area contributed by atoms with E-state index in [0.717, 1.165) is 32.5 Å². The van der Waals surface area contributed by atoms with Crippen molar-refractivity contribution in [3.05, 3.63) is 33.9 Å². The summed E-state index contributed by atoms with van der Waals surface area (Å²) in [7, 11) is 5.48. The zero-order valence-corrected chi connectivity index (χ0v) is 13.9. The van der Waals surface area contributed by atoms with Crippen LogP contribution < -0.4 is 10.2 Å². The van der Waals surface area contributed by atoms with Crippen LogP contribution in [0.25, 0.3) is 0 Å². The second kappa shape index (κ2) is 7.41. The number of likely N-dealkylation sites (tertiary alicyclic amines) is 1. The van der Waals surface area contributed by atoms with Gasteiger partial charge in [0.2, 0.25) is 0 Å². The van der Waals surface area contributed by atoms with Crippen molar-refractivity contribution in [2.75, 3.05) is 45.7 Å². The molecule has 7 heteroatoms. The Morgan fingerprint density at radius 1 is 1.52 bits per heavy atom. The summed E-state index contributed by atoms with van der Waals surface area (Å²) >= 11 is 0. The number of amides is 1. The van der Waals surface area contributed by atoms with Crippen LogP contribution in [0.2, 0.25) is 0 Å². The minimum Gasteiger partial charge on any atom is -0.369 e. The van der Waals surface area contributed by atoms with Gasteiger partial charge in [-0.25, -0.2) is 0 Å². The van der Waals surface area contributed by atoms with Crippen molar-refractivity contribution in [1.82, 2.24) is 10.2 Å². The van der Waals surface area contributed by atoms with E-state index < -0.39 is 4.92 Å². The number of carbonyl (C=O) groups is 1. The molecule has 1 fully saturated rings. The Labute approximate surface area is 136 Å². The maximum Gasteiger partial charge on any atom is 0.293 e. The second-order valence-corrected chi connectivity index (χ2v) is 6.19. The molecule has 0 spiro atoms. The number of nitrogens with one attached hydrogen (secondary N) is 1. The van der Waals surface area contributed by atoms with E-state index in [9.17, 15) is 14.9 Å².